The summed E-state index contributed by atoms with van der Waals surface area (Å²) < 4.78 is 5.38. The van der Waals surface area contributed by atoms with Crippen LogP contribution in [0.1, 0.15) is 26.6 Å². The van der Waals surface area contributed by atoms with Crippen molar-refractivity contribution < 1.29 is 4.74 Å². The van der Waals surface area contributed by atoms with Crippen LogP contribution in [0.25, 0.3) is 0 Å². The van der Waals surface area contributed by atoms with E-state index in [1.807, 2.05) is 19.9 Å². The van der Waals surface area contributed by atoms with Gasteiger partial charge in [-0.2, -0.15) is 4.98 Å². The lowest BCUT2D eigenvalue weighted by molar-refractivity contribution is 0.325. The number of nitrogens with one attached hydrogen (secondary N) is 1. The zero-order valence-corrected chi connectivity index (χ0v) is 11.0. The van der Waals surface area contributed by atoms with E-state index in [1.54, 1.807) is 0 Å². The van der Waals surface area contributed by atoms with Crippen molar-refractivity contribution in [3.63, 3.8) is 0 Å². The molecular formula is C12H22N4O. The van der Waals surface area contributed by atoms with Gasteiger partial charge in [-0.3, -0.25) is 0 Å². The van der Waals surface area contributed by atoms with Crippen LogP contribution in [-0.4, -0.2) is 29.2 Å². The lowest BCUT2D eigenvalue weighted by atomic mass is 10.0. The summed E-state index contributed by atoms with van der Waals surface area (Å²) in [4.78, 5) is 8.53. The smallest absolute Gasteiger partial charge is 0.218 e. The third-order valence-corrected chi connectivity index (χ3v) is 2.71. The summed E-state index contributed by atoms with van der Waals surface area (Å²) in [6.07, 6.45) is 0. The molecule has 5 nitrogen and oxygen atoms in total. The summed E-state index contributed by atoms with van der Waals surface area (Å²) in [5.41, 5.74) is 5.64. The fraction of sp³-hybridized carbons (Fsp3) is 0.667. The standard InChI is InChI=1S/C12H22N4O/c1-5-17-12-6-11(15-10(4)16-12)14-9(3)8(2)7-13/h6,8-9H,5,7,13H2,1-4H3,(H,14,15,16). The molecule has 5 heteroatoms. The average Bonchev–Trinajstić information content (AvgIpc) is 2.27. The number of ether oxygens (including phenoxy) is 1. The molecule has 0 spiro atoms. The van der Waals surface area contributed by atoms with Crippen LogP contribution in [0.3, 0.4) is 0 Å². The number of hydrogen-bond donors (Lipinski definition) is 2. The summed E-state index contributed by atoms with van der Waals surface area (Å²) in [7, 11) is 0. The number of hydrogen-bond acceptors (Lipinski definition) is 5. The Morgan fingerprint density at radius 1 is 1.41 bits per heavy atom. The summed E-state index contributed by atoms with van der Waals surface area (Å²) in [6.45, 7) is 9.24. The summed E-state index contributed by atoms with van der Waals surface area (Å²) in [5.74, 6) is 2.48. The monoisotopic (exact) mass is 238 g/mol. The van der Waals surface area contributed by atoms with Crippen LogP contribution >= 0.6 is 0 Å². The summed E-state index contributed by atoms with van der Waals surface area (Å²) in [5, 5.41) is 3.32. The average molecular weight is 238 g/mol. The maximum Gasteiger partial charge on any atom is 0.218 e. The molecule has 0 aromatic carbocycles. The second-order valence-electron chi connectivity index (χ2n) is 4.22. The van der Waals surface area contributed by atoms with Crippen LogP contribution in [0.4, 0.5) is 5.82 Å². The number of nitrogens with zero attached hydrogens (tertiary/aromatic N) is 2. The van der Waals surface area contributed by atoms with Gasteiger partial charge < -0.3 is 15.8 Å². The van der Waals surface area contributed by atoms with Crippen LogP contribution in [0.15, 0.2) is 6.07 Å². The molecule has 0 amide bonds. The second kappa shape index (κ2) is 6.39. The normalized spacial score (nSPS) is 14.2. The Labute approximate surface area is 103 Å². The second-order valence-corrected chi connectivity index (χ2v) is 4.22. The van der Waals surface area contributed by atoms with Crippen molar-refractivity contribution in [2.24, 2.45) is 11.7 Å². The Bertz CT molecular complexity index is 356. The SMILES string of the molecule is CCOc1cc(NC(C)C(C)CN)nc(C)n1. The molecule has 0 radical (unpaired) electrons. The van der Waals surface area contributed by atoms with Crippen molar-refractivity contribution in [1.82, 2.24) is 9.97 Å². The molecule has 0 aliphatic heterocycles. The lowest BCUT2D eigenvalue weighted by Crippen LogP contribution is -2.29. The Morgan fingerprint density at radius 2 is 2.12 bits per heavy atom. The molecule has 96 valence electrons. The zero-order chi connectivity index (χ0) is 12.8. The van der Waals surface area contributed by atoms with E-state index in [1.165, 1.54) is 0 Å². The van der Waals surface area contributed by atoms with E-state index in [2.05, 4.69) is 29.1 Å². The highest BCUT2D eigenvalue weighted by Crippen LogP contribution is 2.15. The first-order valence-electron chi connectivity index (χ1n) is 6.01. The highest BCUT2D eigenvalue weighted by atomic mass is 16.5. The predicted molar refractivity (Wildman–Crippen MR) is 69.2 cm³/mol. The van der Waals surface area contributed by atoms with Crippen LogP contribution in [-0.2, 0) is 0 Å². The van der Waals surface area contributed by atoms with Gasteiger partial charge in [0.05, 0.1) is 6.61 Å². The topological polar surface area (TPSA) is 73.1 Å². The van der Waals surface area contributed by atoms with Crippen LogP contribution in [0.5, 0.6) is 5.88 Å². The molecule has 1 aromatic heterocycles. The fourth-order valence-electron chi connectivity index (χ4n) is 1.42. The third-order valence-electron chi connectivity index (χ3n) is 2.71. The Hall–Kier alpha value is -1.36. The molecule has 0 fully saturated rings. The third kappa shape index (κ3) is 4.19. The number of nitrogens with two attached hydrogens (primary N) is 1. The lowest BCUT2D eigenvalue weighted by Gasteiger charge is -2.20. The first-order chi connectivity index (χ1) is 8.06. The molecule has 1 rings (SSSR count). The molecule has 0 bridgehead atoms. The fourth-order valence-corrected chi connectivity index (χ4v) is 1.42. The van der Waals surface area contributed by atoms with Gasteiger partial charge in [-0.15, -0.1) is 0 Å². The Balaban J connectivity index is 2.76. The van der Waals surface area contributed by atoms with Gasteiger partial charge in [0.25, 0.3) is 0 Å². The van der Waals surface area contributed by atoms with E-state index >= 15 is 0 Å². The molecule has 0 aliphatic rings. The molecule has 17 heavy (non-hydrogen) atoms. The van der Waals surface area contributed by atoms with Gasteiger partial charge in [-0.1, -0.05) is 6.92 Å². The molecular weight excluding hydrogens is 216 g/mol. The molecule has 0 aliphatic carbocycles. The molecule has 2 unspecified atom stereocenters. The molecule has 0 saturated heterocycles. The zero-order valence-electron chi connectivity index (χ0n) is 11.0. The van der Waals surface area contributed by atoms with Gasteiger partial charge >= 0.3 is 0 Å². The van der Waals surface area contributed by atoms with Crippen molar-refractivity contribution >= 4 is 5.82 Å². The Morgan fingerprint density at radius 3 is 2.71 bits per heavy atom. The van der Waals surface area contributed by atoms with Crippen LogP contribution < -0.4 is 15.8 Å². The molecule has 1 heterocycles. The van der Waals surface area contributed by atoms with Gasteiger partial charge in [0.1, 0.15) is 11.6 Å². The van der Waals surface area contributed by atoms with E-state index in [9.17, 15) is 0 Å². The molecule has 2 atom stereocenters. The van der Waals surface area contributed by atoms with E-state index < -0.39 is 0 Å². The molecule has 0 saturated carbocycles. The summed E-state index contributed by atoms with van der Waals surface area (Å²) in [6, 6.07) is 2.08. The largest absolute Gasteiger partial charge is 0.478 e. The van der Waals surface area contributed by atoms with Crippen molar-refractivity contribution in [2.75, 3.05) is 18.5 Å². The van der Waals surface area contributed by atoms with E-state index in [4.69, 9.17) is 10.5 Å². The Kier molecular flexibility index (Phi) is 5.15. The maximum absolute atomic E-state index is 5.64. The minimum absolute atomic E-state index is 0.267. The number of rotatable bonds is 6. The molecule has 3 N–H and O–H groups in total. The number of aryl methyl sites for hydroxylation is 1. The highest BCUT2D eigenvalue weighted by Gasteiger charge is 2.11. The number of anilines is 1. The predicted octanol–water partition coefficient (Wildman–Crippen LogP) is 1.58. The molecule has 1 aromatic rings. The van der Waals surface area contributed by atoms with E-state index in [-0.39, 0.29) is 6.04 Å². The quantitative estimate of drug-likeness (QED) is 0.787. The minimum Gasteiger partial charge on any atom is -0.478 e. The minimum atomic E-state index is 0.267. The number of aromatic nitrogens is 2. The highest BCUT2D eigenvalue weighted by molar-refractivity contribution is 5.39. The first kappa shape index (κ1) is 13.7. The van der Waals surface area contributed by atoms with Gasteiger partial charge in [-0.05, 0) is 33.2 Å². The van der Waals surface area contributed by atoms with Crippen molar-refractivity contribution in [1.29, 1.82) is 0 Å². The van der Waals surface area contributed by atoms with Crippen molar-refractivity contribution in [3.8, 4) is 5.88 Å². The van der Waals surface area contributed by atoms with Gasteiger partial charge in [0, 0.05) is 12.1 Å². The summed E-state index contributed by atoms with van der Waals surface area (Å²) >= 11 is 0. The first-order valence-corrected chi connectivity index (χ1v) is 6.01. The van der Waals surface area contributed by atoms with Crippen molar-refractivity contribution in [2.45, 2.75) is 33.7 Å². The maximum atomic E-state index is 5.64. The van der Waals surface area contributed by atoms with E-state index in [0.717, 1.165) is 5.82 Å². The van der Waals surface area contributed by atoms with Gasteiger partial charge in [0.15, 0.2) is 0 Å². The van der Waals surface area contributed by atoms with E-state index in [0.29, 0.717) is 30.8 Å². The van der Waals surface area contributed by atoms with Crippen molar-refractivity contribution in [3.05, 3.63) is 11.9 Å². The van der Waals surface area contributed by atoms with Gasteiger partial charge in [0.2, 0.25) is 5.88 Å². The van der Waals surface area contributed by atoms with Crippen LogP contribution in [0.2, 0.25) is 0 Å². The van der Waals surface area contributed by atoms with Gasteiger partial charge in [-0.25, -0.2) is 4.98 Å². The van der Waals surface area contributed by atoms with Crippen LogP contribution in [0, 0.1) is 12.8 Å².